The van der Waals surface area contributed by atoms with E-state index in [-0.39, 0.29) is 36.8 Å². The highest BCUT2D eigenvalue weighted by molar-refractivity contribution is 5.95. The summed E-state index contributed by atoms with van der Waals surface area (Å²) < 4.78 is 0. The number of nitrogens with zero attached hydrogens (tertiary/aromatic N) is 2. The normalized spacial score (nSPS) is 26.2. The lowest BCUT2D eigenvalue weighted by Crippen LogP contribution is -2.66. The van der Waals surface area contributed by atoms with E-state index in [1.54, 1.807) is 12.1 Å². The average molecular weight is 361 g/mol. The molecule has 0 saturated carbocycles. The summed E-state index contributed by atoms with van der Waals surface area (Å²) in [4.78, 5) is 30.0. The smallest absolute Gasteiger partial charge is 0.254 e. The molecule has 7 nitrogen and oxygen atoms in total. The molecule has 3 rings (SSSR count). The van der Waals surface area contributed by atoms with Crippen LogP contribution >= 0.6 is 0 Å². The third-order valence-electron chi connectivity index (χ3n) is 5.68. The van der Waals surface area contributed by atoms with E-state index < -0.39 is 5.41 Å². The van der Waals surface area contributed by atoms with Gasteiger partial charge in [0.1, 0.15) is 5.75 Å². The summed E-state index contributed by atoms with van der Waals surface area (Å²) in [5.74, 6) is -0.0486. The average Bonchev–Trinajstić information content (AvgIpc) is 2.65. The first-order valence-electron chi connectivity index (χ1n) is 9.15. The van der Waals surface area contributed by atoms with Gasteiger partial charge < -0.3 is 25.3 Å². The van der Waals surface area contributed by atoms with Crippen LogP contribution in [0.4, 0.5) is 0 Å². The number of aromatic hydroxyl groups is 1. The second-order valence-corrected chi connectivity index (χ2v) is 7.31. The highest BCUT2D eigenvalue weighted by Crippen LogP contribution is 2.43. The van der Waals surface area contributed by atoms with Gasteiger partial charge in [-0.1, -0.05) is 0 Å². The Bertz CT molecular complexity index is 663. The van der Waals surface area contributed by atoms with Crippen LogP contribution in [0, 0.1) is 5.41 Å². The second-order valence-electron chi connectivity index (χ2n) is 7.31. The number of hydrogen-bond donors (Lipinski definition) is 3. The number of likely N-dealkylation sites (tertiary alicyclic amines) is 2. The quantitative estimate of drug-likeness (QED) is 0.723. The summed E-state index contributed by atoms with van der Waals surface area (Å²) in [5, 5.41) is 21.4. The highest BCUT2D eigenvalue weighted by Gasteiger charge is 2.53. The fourth-order valence-electron chi connectivity index (χ4n) is 4.26. The van der Waals surface area contributed by atoms with Gasteiger partial charge in [0.05, 0.1) is 18.1 Å². The third-order valence-corrected chi connectivity index (χ3v) is 5.68. The number of carbonyl (C=O) groups excluding carboxylic acids is 2. The van der Waals surface area contributed by atoms with Gasteiger partial charge in [0.15, 0.2) is 0 Å². The molecule has 0 aromatic heterocycles. The number of aliphatic hydroxyl groups excluding tert-OH is 1. The number of aliphatic hydroxyl groups is 1. The molecule has 3 N–H and O–H groups in total. The van der Waals surface area contributed by atoms with Gasteiger partial charge in [0.25, 0.3) is 5.91 Å². The first kappa shape index (κ1) is 18.7. The van der Waals surface area contributed by atoms with Crippen molar-refractivity contribution in [3.63, 3.8) is 0 Å². The van der Waals surface area contributed by atoms with Crippen LogP contribution in [0.15, 0.2) is 24.3 Å². The highest BCUT2D eigenvalue weighted by atomic mass is 16.3. The second kappa shape index (κ2) is 7.63. The number of phenols is 1. The van der Waals surface area contributed by atoms with Crippen molar-refractivity contribution in [2.75, 3.05) is 39.8 Å². The predicted molar refractivity (Wildman–Crippen MR) is 96.8 cm³/mol. The molecule has 2 saturated heterocycles. The lowest BCUT2D eigenvalue weighted by molar-refractivity contribution is -0.142. The Morgan fingerprint density at radius 1 is 1.23 bits per heavy atom. The van der Waals surface area contributed by atoms with Gasteiger partial charge in [0, 0.05) is 25.2 Å². The topological polar surface area (TPSA) is 93.1 Å². The number of rotatable bonds is 4. The number of benzene rings is 1. The molecule has 2 aliphatic rings. The van der Waals surface area contributed by atoms with Crippen LogP contribution in [-0.2, 0) is 4.79 Å². The SMILES string of the molecule is CN1CC[C@]2(C(=O)NCCO)CCCN(C(=O)c3ccc(O)cc3)[C@H]2C1. The number of phenolic OH excluding ortho intramolecular Hbond substituents is 1. The number of carbonyl (C=O) groups is 2. The van der Waals surface area contributed by atoms with Crippen LogP contribution in [0.2, 0.25) is 0 Å². The molecule has 2 aliphatic heterocycles. The Kier molecular flexibility index (Phi) is 5.48. The fraction of sp³-hybridized carbons (Fsp3) is 0.579. The number of fused-ring (bicyclic) bond motifs is 1. The van der Waals surface area contributed by atoms with Gasteiger partial charge in [0.2, 0.25) is 5.91 Å². The zero-order chi connectivity index (χ0) is 18.7. The zero-order valence-corrected chi connectivity index (χ0v) is 15.1. The standard InChI is InChI=1S/C19H27N3O4/c1-21-11-8-19(18(26)20-9-12-23)7-2-10-22(16(19)13-21)17(25)14-3-5-15(24)6-4-14/h3-6,16,23-24H,2,7-13H2,1H3,(H,20,26)/t16-,19+/m0/s1. The molecule has 1 aromatic rings. The minimum absolute atomic E-state index is 0.0622. The molecule has 0 radical (unpaired) electrons. The number of hydrogen-bond acceptors (Lipinski definition) is 5. The molecule has 142 valence electrons. The molecule has 2 amide bonds. The summed E-state index contributed by atoms with van der Waals surface area (Å²) in [5.41, 5.74) is -0.0884. The Labute approximate surface area is 153 Å². The summed E-state index contributed by atoms with van der Waals surface area (Å²) in [7, 11) is 2.01. The number of likely N-dealkylation sites (N-methyl/N-ethyl adjacent to an activating group) is 1. The Balaban J connectivity index is 1.89. The van der Waals surface area contributed by atoms with Crippen LogP contribution < -0.4 is 5.32 Å². The van der Waals surface area contributed by atoms with E-state index in [4.69, 9.17) is 5.11 Å². The molecule has 0 aliphatic carbocycles. The maximum Gasteiger partial charge on any atom is 0.254 e. The van der Waals surface area contributed by atoms with Crippen molar-refractivity contribution in [2.45, 2.75) is 25.3 Å². The largest absolute Gasteiger partial charge is 0.508 e. The van der Waals surface area contributed by atoms with Crippen LogP contribution in [0.25, 0.3) is 0 Å². The Morgan fingerprint density at radius 3 is 2.65 bits per heavy atom. The van der Waals surface area contributed by atoms with Crippen molar-refractivity contribution in [1.82, 2.24) is 15.1 Å². The lowest BCUT2D eigenvalue weighted by Gasteiger charge is -2.53. The van der Waals surface area contributed by atoms with E-state index >= 15 is 0 Å². The van der Waals surface area contributed by atoms with E-state index in [0.717, 1.165) is 19.4 Å². The van der Waals surface area contributed by atoms with Crippen molar-refractivity contribution >= 4 is 11.8 Å². The molecule has 26 heavy (non-hydrogen) atoms. The van der Waals surface area contributed by atoms with E-state index in [2.05, 4.69) is 10.2 Å². The Morgan fingerprint density at radius 2 is 1.96 bits per heavy atom. The van der Waals surface area contributed by atoms with Gasteiger partial charge in [-0.05, 0) is 57.1 Å². The van der Waals surface area contributed by atoms with E-state index in [1.807, 2.05) is 11.9 Å². The number of piperidine rings is 2. The van der Waals surface area contributed by atoms with Crippen molar-refractivity contribution in [3.8, 4) is 5.75 Å². The summed E-state index contributed by atoms with van der Waals surface area (Å²) in [6.07, 6.45) is 2.23. The molecule has 7 heteroatoms. The first-order chi connectivity index (χ1) is 12.5. The van der Waals surface area contributed by atoms with Gasteiger partial charge in [-0.15, -0.1) is 0 Å². The molecule has 0 bridgehead atoms. The maximum absolute atomic E-state index is 13.1. The predicted octanol–water partition coefficient (Wildman–Crippen LogP) is 0.427. The van der Waals surface area contributed by atoms with Gasteiger partial charge in [-0.3, -0.25) is 9.59 Å². The van der Waals surface area contributed by atoms with Gasteiger partial charge in [-0.2, -0.15) is 0 Å². The molecule has 0 spiro atoms. The molecule has 2 heterocycles. The molecule has 0 unspecified atom stereocenters. The van der Waals surface area contributed by atoms with Crippen LogP contribution in [0.1, 0.15) is 29.6 Å². The van der Waals surface area contributed by atoms with Crippen LogP contribution in [0.3, 0.4) is 0 Å². The lowest BCUT2D eigenvalue weighted by atomic mass is 9.67. The minimum atomic E-state index is -0.605. The third kappa shape index (κ3) is 3.41. The van der Waals surface area contributed by atoms with Crippen molar-refractivity contribution in [1.29, 1.82) is 0 Å². The summed E-state index contributed by atoms with van der Waals surface area (Å²) in [6, 6.07) is 6.05. The summed E-state index contributed by atoms with van der Waals surface area (Å²) in [6.45, 7) is 2.21. The minimum Gasteiger partial charge on any atom is -0.508 e. The number of nitrogens with one attached hydrogen (secondary N) is 1. The molecule has 2 fully saturated rings. The van der Waals surface area contributed by atoms with Gasteiger partial charge >= 0.3 is 0 Å². The van der Waals surface area contributed by atoms with Crippen molar-refractivity contribution in [3.05, 3.63) is 29.8 Å². The number of amides is 2. The first-order valence-corrected chi connectivity index (χ1v) is 9.15. The van der Waals surface area contributed by atoms with Crippen molar-refractivity contribution in [2.24, 2.45) is 5.41 Å². The molecule has 2 atom stereocenters. The zero-order valence-electron chi connectivity index (χ0n) is 15.1. The van der Waals surface area contributed by atoms with Crippen LogP contribution in [0.5, 0.6) is 5.75 Å². The van der Waals surface area contributed by atoms with E-state index in [9.17, 15) is 14.7 Å². The fourth-order valence-corrected chi connectivity index (χ4v) is 4.26. The summed E-state index contributed by atoms with van der Waals surface area (Å²) >= 11 is 0. The van der Waals surface area contributed by atoms with Crippen molar-refractivity contribution < 1.29 is 19.8 Å². The molecular formula is C19H27N3O4. The van der Waals surface area contributed by atoms with Gasteiger partial charge in [-0.25, -0.2) is 0 Å². The molecule has 1 aromatic carbocycles. The van der Waals surface area contributed by atoms with E-state index in [0.29, 0.717) is 25.1 Å². The monoisotopic (exact) mass is 361 g/mol. The van der Waals surface area contributed by atoms with E-state index in [1.165, 1.54) is 12.1 Å². The Hall–Kier alpha value is -2.12. The molecular weight excluding hydrogens is 334 g/mol. The maximum atomic E-state index is 13.1. The van der Waals surface area contributed by atoms with Crippen LogP contribution in [-0.4, -0.2) is 77.7 Å².